The van der Waals surface area contributed by atoms with E-state index in [9.17, 15) is 9.59 Å². The van der Waals surface area contributed by atoms with Gasteiger partial charge in [0.1, 0.15) is 5.25 Å². The first-order valence-electron chi connectivity index (χ1n) is 8.95. The largest absolute Gasteiger partial charge is 0.454 e. The van der Waals surface area contributed by atoms with Gasteiger partial charge in [0.2, 0.25) is 18.6 Å². The average molecular weight is 397 g/mol. The van der Waals surface area contributed by atoms with Crippen LogP contribution in [0.5, 0.6) is 11.5 Å². The number of hydrogen-bond acceptors (Lipinski definition) is 6. The minimum absolute atomic E-state index is 0.0923. The molecule has 2 aromatic rings. The maximum absolute atomic E-state index is 12.7. The van der Waals surface area contributed by atoms with Crippen molar-refractivity contribution in [1.29, 1.82) is 0 Å². The highest BCUT2D eigenvalue weighted by Crippen LogP contribution is 2.37. The van der Waals surface area contributed by atoms with Gasteiger partial charge in [-0.25, -0.2) is 4.99 Å². The second-order valence-corrected chi connectivity index (χ2v) is 7.41. The molecule has 4 rings (SSSR count). The monoisotopic (exact) mass is 397 g/mol. The number of carbonyl (C=O) groups excluding carboxylic acids is 2. The number of hydrogen-bond donors (Lipinski definition) is 1. The van der Waals surface area contributed by atoms with Gasteiger partial charge in [-0.2, -0.15) is 0 Å². The van der Waals surface area contributed by atoms with Crippen LogP contribution in [0.25, 0.3) is 0 Å². The minimum atomic E-state index is -0.489. The van der Waals surface area contributed by atoms with Crippen LogP contribution in [-0.4, -0.2) is 40.5 Å². The van der Waals surface area contributed by atoms with Crippen LogP contribution in [0.2, 0.25) is 0 Å². The molecule has 0 bridgehead atoms. The Hall–Kier alpha value is -3.00. The number of ether oxygens (including phenoxy) is 2. The Labute approximate surface area is 166 Å². The van der Waals surface area contributed by atoms with Crippen molar-refractivity contribution in [2.75, 3.05) is 18.7 Å². The first-order valence-corrected chi connectivity index (χ1v) is 9.83. The molecule has 0 aromatic heterocycles. The summed E-state index contributed by atoms with van der Waals surface area (Å²) >= 11 is 1.31. The number of amides is 2. The molecule has 0 saturated carbocycles. The number of fused-ring (bicyclic) bond motifs is 1. The maximum atomic E-state index is 12.7. The fraction of sp³-hybridized carbons (Fsp3) is 0.250. The molecule has 2 amide bonds. The lowest BCUT2D eigenvalue weighted by Crippen LogP contribution is -2.33. The Balaban J connectivity index is 1.47. The molecule has 1 atom stereocenters. The van der Waals surface area contributed by atoms with Gasteiger partial charge >= 0.3 is 0 Å². The Kier molecular flexibility index (Phi) is 5.21. The molecule has 0 aliphatic carbocycles. The Morgan fingerprint density at radius 3 is 2.79 bits per heavy atom. The molecule has 8 heteroatoms. The van der Waals surface area contributed by atoms with Crippen LogP contribution in [0.3, 0.4) is 0 Å². The molecule has 2 aliphatic heterocycles. The van der Waals surface area contributed by atoms with E-state index in [1.54, 1.807) is 17.0 Å². The highest BCUT2D eigenvalue weighted by atomic mass is 32.2. The van der Waals surface area contributed by atoms with Crippen molar-refractivity contribution in [3.05, 3.63) is 48.5 Å². The molecule has 2 heterocycles. The second-order valence-electron chi connectivity index (χ2n) is 6.24. The van der Waals surface area contributed by atoms with Crippen molar-refractivity contribution in [3.8, 4) is 11.5 Å². The van der Waals surface area contributed by atoms with Crippen LogP contribution in [0, 0.1) is 0 Å². The molecule has 1 unspecified atom stereocenters. The summed E-state index contributed by atoms with van der Waals surface area (Å²) in [7, 11) is 0. The summed E-state index contributed by atoms with van der Waals surface area (Å²) in [6, 6.07) is 14.6. The molecule has 2 aliphatic rings. The predicted octanol–water partition coefficient (Wildman–Crippen LogP) is 3.40. The molecule has 1 fully saturated rings. The van der Waals surface area contributed by atoms with Crippen molar-refractivity contribution in [1.82, 2.24) is 4.90 Å². The zero-order valence-corrected chi connectivity index (χ0v) is 16.1. The van der Waals surface area contributed by atoms with Crippen molar-refractivity contribution >= 4 is 40.1 Å². The van der Waals surface area contributed by atoms with Crippen LogP contribution in [0.4, 0.5) is 11.4 Å². The number of nitrogens with zero attached hydrogens (tertiary/aromatic N) is 2. The molecule has 7 nitrogen and oxygen atoms in total. The van der Waals surface area contributed by atoms with Gasteiger partial charge in [-0.3, -0.25) is 14.5 Å². The molecule has 2 aromatic carbocycles. The van der Waals surface area contributed by atoms with E-state index in [2.05, 4.69) is 10.3 Å². The van der Waals surface area contributed by atoms with Gasteiger partial charge in [0.15, 0.2) is 16.7 Å². The van der Waals surface area contributed by atoms with E-state index in [0.717, 1.165) is 0 Å². The third-order valence-electron chi connectivity index (χ3n) is 4.35. The summed E-state index contributed by atoms with van der Waals surface area (Å²) in [5.41, 5.74) is 1.39. The van der Waals surface area contributed by atoms with Crippen LogP contribution >= 0.6 is 11.8 Å². The highest BCUT2D eigenvalue weighted by molar-refractivity contribution is 8.15. The van der Waals surface area contributed by atoms with Crippen molar-refractivity contribution in [2.45, 2.75) is 18.6 Å². The number of anilines is 1. The maximum Gasteiger partial charge on any atom is 0.242 e. The number of amidine groups is 1. The standard InChI is InChI=1S/C20H19N3O4S/c1-2-23-19(25)17(11-18(24)21-13-6-4-3-5-7-13)28-20(23)22-14-8-9-15-16(10-14)27-12-26-15/h3-10,17H,2,11-12H2,1H3,(H,21,24). The zero-order chi connectivity index (χ0) is 19.5. The van der Waals surface area contributed by atoms with Gasteiger partial charge in [-0.15, -0.1) is 0 Å². The molecule has 1 N–H and O–H groups in total. The van der Waals surface area contributed by atoms with Crippen molar-refractivity contribution in [3.63, 3.8) is 0 Å². The summed E-state index contributed by atoms with van der Waals surface area (Å²) in [6.07, 6.45) is 0.0923. The molecular weight excluding hydrogens is 378 g/mol. The van der Waals surface area contributed by atoms with E-state index in [1.807, 2.05) is 43.3 Å². The lowest BCUT2D eigenvalue weighted by Gasteiger charge is -2.13. The summed E-state index contributed by atoms with van der Waals surface area (Å²) in [5.74, 6) is 1.02. The number of carbonyl (C=O) groups is 2. The second kappa shape index (κ2) is 7.93. The lowest BCUT2D eigenvalue weighted by molar-refractivity contribution is -0.128. The van der Waals surface area contributed by atoms with E-state index < -0.39 is 5.25 Å². The first kappa shape index (κ1) is 18.4. The van der Waals surface area contributed by atoms with Crippen LogP contribution in [-0.2, 0) is 9.59 Å². The van der Waals surface area contributed by atoms with Crippen LogP contribution in [0.1, 0.15) is 13.3 Å². The molecule has 0 spiro atoms. The third-order valence-corrected chi connectivity index (χ3v) is 5.52. The van der Waals surface area contributed by atoms with Crippen molar-refractivity contribution in [2.24, 2.45) is 4.99 Å². The fourth-order valence-corrected chi connectivity index (χ4v) is 4.20. The van der Waals surface area contributed by atoms with Gasteiger partial charge < -0.3 is 14.8 Å². The van der Waals surface area contributed by atoms with Gasteiger partial charge in [-0.1, -0.05) is 30.0 Å². The van der Waals surface area contributed by atoms with E-state index in [4.69, 9.17) is 9.47 Å². The predicted molar refractivity (Wildman–Crippen MR) is 108 cm³/mol. The van der Waals surface area contributed by atoms with E-state index in [1.165, 1.54) is 11.8 Å². The Bertz CT molecular complexity index is 932. The minimum Gasteiger partial charge on any atom is -0.454 e. The molecule has 0 radical (unpaired) electrons. The Morgan fingerprint density at radius 1 is 1.21 bits per heavy atom. The van der Waals surface area contributed by atoms with Crippen molar-refractivity contribution < 1.29 is 19.1 Å². The van der Waals surface area contributed by atoms with Crippen LogP contribution < -0.4 is 14.8 Å². The third kappa shape index (κ3) is 3.82. The quantitative estimate of drug-likeness (QED) is 0.836. The summed E-state index contributed by atoms with van der Waals surface area (Å²) in [4.78, 5) is 31.3. The first-order chi connectivity index (χ1) is 13.6. The van der Waals surface area contributed by atoms with Crippen LogP contribution in [0.15, 0.2) is 53.5 Å². The normalized spacial score (nSPS) is 19.3. The van der Waals surface area contributed by atoms with Gasteiger partial charge in [-0.05, 0) is 31.2 Å². The van der Waals surface area contributed by atoms with E-state index in [-0.39, 0.29) is 25.0 Å². The lowest BCUT2D eigenvalue weighted by atomic mass is 10.2. The SMILES string of the molecule is CCN1C(=O)C(CC(=O)Nc2ccccc2)SC1=Nc1ccc2c(c1)OCO2. The topological polar surface area (TPSA) is 80.2 Å². The summed E-state index contributed by atoms with van der Waals surface area (Å²) in [6.45, 7) is 2.58. The number of para-hydroxylation sites is 1. The fourth-order valence-electron chi connectivity index (χ4n) is 2.98. The molecule has 144 valence electrons. The highest BCUT2D eigenvalue weighted by Gasteiger charge is 2.38. The number of rotatable bonds is 5. The number of nitrogens with one attached hydrogen (secondary N) is 1. The van der Waals surface area contributed by atoms with E-state index >= 15 is 0 Å². The van der Waals surface area contributed by atoms with E-state index in [0.29, 0.717) is 34.6 Å². The molecular formula is C20H19N3O4S. The Morgan fingerprint density at radius 2 is 2.00 bits per heavy atom. The smallest absolute Gasteiger partial charge is 0.242 e. The molecule has 28 heavy (non-hydrogen) atoms. The van der Waals surface area contributed by atoms with Gasteiger partial charge in [0, 0.05) is 24.7 Å². The molecule has 1 saturated heterocycles. The zero-order valence-electron chi connectivity index (χ0n) is 15.3. The average Bonchev–Trinajstić information content (AvgIpc) is 3.27. The number of benzene rings is 2. The van der Waals surface area contributed by atoms with Gasteiger partial charge in [0.05, 0.1) is 5.69 Å². The van der Waals surface area contributed by atoms with Gasteiger partial charge in [0.25, 0.3) is 0 Å². The summed E-state index contributed by atoms with van der Waals surface area (Å²) in [5, 5.41) is 2.92. The number of aliphatic imine (C=N–C) groups is 1. The number of thioether (sulfide) groups is 1. The summed E-state index contributed by atoms with van der Waals surface area (Å²) < 4.78 is 10.7.